The van der Waals surface area contributed by atoms with Crippen LogP contribution in [0.5, 0.6) is 0 Å². The van der Waals surface area contributed by atoms with Gasteiger partial charge in [0.2, 0.25) is 11.8 Å². The van der Waals surface area contributed by atoms with Gasteiger partial charge in [-0.3, -0.25) is 14.4 Å². The Morgan fingerprint density at radius 1 is 1.00 bits per heavy atom. The molecule has 1 aliphatic rings. The van der Waals surface area contributed by atoms with Crippen molar-refractivity contribution in [2.75, 3.05) is 39.3 Å². The Balaban J connectivity index is 1.32. The van der Waals surface area contributed by atoms with Crippen LogP contribution in [0.3, 0.4) is 0 Å². The molecule has 27 heavy (non-hydrogen) atoms. The molecule has 0 atom stereocenters. The Labute approximate surface area is 166 Å². The van der Waals surface area contributed by atoms with E-state index in [0.29, 0.717) is 18.0 Å². The van der Waals surface area contributed by atoms with E-state index in [0.717, 1.165) is 19.6 Å². The van der Waals surface area contributed by atoms with Crippen molar-refractivity contribution < 1.29 is 19.3 Å². The molecule has 144 valence electrons. The van der Waals surface area contributed by atoms with Gasteiger partial charge in [-0.25, -0.2) is 0 Å². The molecule has 0 aromatic carbocycles. The highest BCUT2D eigenvalue weighted by Crippen LogP contribution is 2.07. The first kappa shape index (κ1) is 19.5. The zero-order valence-corrected chi connectivity index (χ0v) is 16.5. The van der Waals surface area contributed by atoms with Gasteiger partial charge in [-0.1, -0.05) is 12.1 Å². The van der Waals surface area contributed by atoms with Crippen molar-refractivity contribution in [2.24, 2.45) is 0 Å². The van der Waals surface area contributed by atoms with E-state index in [1.165, 1.54) is 21.1 Å². The average molecular weight is 408 g/mol. The standard InChI is InChI=1S/C18H22N4O3S2/c23-16(11-20-18(25)15-4-2-10-27-15)19-12-17(24)22-7-5-21(6-8-22)13-14-3-1-9-26-14/h1-4,9-10H,5-8,11-13H2,(H,19,23)(H,20,25)/p+1. The van der Waals surface area contributed by atoms with Crippen LogP contribution in [-0.2, 0) is 16.1 Å². The number of amides is 3. The first-order valence-corrected chi connectivity index (χ1v) is 10.6. The molecule has 0 bridgehead atoms. The largest absolute Gasteiger partial charge is 0.345 e. The van der Waals surface area contributed by atoms with Crippen LogP contribution >= 0.6 is 22.7 Å². The third-order valence-electron chi connectivity index (χ3n) is 4.42. The molecule has 0 radical (unpaired) electrons. The monoisotopic (exact) mass is 407 g/mol. The van der Waals surface area contributed by atoms with Gasteiger partial charge >= 0.3 is 0 Å². The minimum atomic E-state index is -0.366. The molecule has 1 fully saturated rings. The number of carbonyl (C=O) groups excluding carboxylic acids is 3. The van der Waals surface area contributed by atoms with Gasteiger partial charge in [0, 0.05) is 0 Å². The summed E-state index contributed by atoms with van der Waals surface area (Å²) in [6.07, 6.45) is 0. The molecule has 2 aromatic heterocycles. The molecule has 1 aliphatic heterocycles. The van der Waals surface area contributed by atoms with Gasteiger partial charge in [0.1, 0.15) is 6.54 Å². The maximum Gasteiger partial charge on any atom is 0.261 e. The number of thiophene rings is 2. The van der Waals surface area contributed by atoms with Gasteiger partial charge in [0.05, 0.1) is 49.0 Å². The smallest absolute Gasteiger partial charge is 0.261 e. The van der Waals surface area contributed by atoms with E-state index in [1.54, 1.807) is 33.7 Å². The van der Waals surface area contributed by atoms with Crippen LogP contribution in [-0.4, -0.2) is 61.9 Å². The second-order valence-corrected chi connectivity index (χ2v) is 8.30. The molecular formula is C18H23N4O3S2+. The Bertz CT molecular complexity index is 754. The highest BCUT2D eigenvalue weighted by atomic mass is 32.1. The van der Waals surface area contributed by atoms with Crippen LogP contribution in [0, 0.1) is 0 Å². The van der Waals surface area contributed by atoms with E-state index in [4.69, 9.17) is 0 Å². The Morgan fingerprint density at radius 3 is 2.41 bits per heavy atom. The van der Waals surface area contributed by atoms with Crippen LogP contribution in [0.15, 0.2) is 35.0 Å². The second-order valence-electron chi connectivity index (χ2n) is 6.32. The summed E-state index contributed by atoms with van der Waals surface area (Å²) < 4.78 is 0. The quantitative estimate of drug-likeness (QED) is 0.583. The third-order valence-corrected chi connectivity index (χ3v) is 6.16. The van der Waals surface area contributed by atoms with E-state index < -0.39 is 0 Å². The SMILES string of the molecule is O=C(CNC(=O)c1cccs1)NCC(=O)N1CC[NH+](Cc2cccs2)CC1. The fourth-order valence-corrected chi connectivity index (χ4v) is 4.33. The van der Waals surface area contributed by atoms with Gasteiger partial charge < -0.3 is 20.4 Å². The summed E-state index contributed by atoms with van der Waals surface area (Å²) >= 11 is 3.08. The molecule has 3 heterocycles. The zero-order valence-electron chi connectivity index (χ0n) is 14.9. The molecule has 1 saturated heterocycles. The lowest BCUT2D eigenvalue weighted by molar-refractivity contribution is -0.917. The van der Waals surface area contributed by atoms with E-state index in [1.807, 2.05) is 0 Å². The number of nitrogens with zero attached hydrogens (tertiary/aromatic N) is 1. The number of carbonyl (C=O) groups is 3. The molecular weight excluding hydrogens is 384 g/mol. The molecule has 0 unspecified atom stereocenters. The van der Waals surface area contributed by atoms with Crippen molar-refractivity contribution >= 4 is 40.4 Å². The van der Waals surface area contributed by atoms with E-state index in [-0.39, 0.29) is 30.8 Å². The molecule has 0 aliphatic carbocycles. The van der Waals surface area contributed by atoms with E-state index in [9.17, 15) is 14.4 Å². The first-order valence-electron chi connectivity index (χ1n) is 8.84. The van der Waals surface area contributed by atoms with Crippen molar-refractivity contribution in [1.82, 2.24) is 15.5 Å². The van der Waals surface area contributed by atoms with Crippen molar-refractivity contribution in [3.8, 4) is 0 Å². The number of hydrogen-bond acceptors (Lipinski definition) is 5. The van der Waals surface area contributed by atoms with Gasteiger partial charge in [-0.05, 0) is 22.9 Å². The van der Waals surface area contributed by atoms with Crippen LogP contribution in [0.1, 0.15) is 14.5 Å². The first-order chi connectivity index (χ1) is 13.1. The topological polar surface area (TPSA) is 83.0 Å². The van der Waals surface area contributed by atoms with Crippen molar-refractivity contribution in [3.05, 3.63) is 44.8 Å². The number of piperazine rings is 1. The average Bonchev–Trinajstić information content (AvgIpc) is 3.39. The van der Waals surface area contributed by atoms with Crippen LogP contribution < -0.4 is 15.5 Å². The van der Waals surface area contributed by atoms with E-state index >= 15 is 0 Å². The minimum absolute atomic E-state index is 0.0338. The van der Waals surface area contributed by atoms with E-state index in [2.05, 4.69) is 28.1 Å². The van der Waals surface area contributed by atoms with Crippen LogP contribution in [0.2, 0.25) is 0 Å². The molecule has 0 spiro atoms. The molecule has 9 heteroatoms. The van der Waals surface area contributed by atoms with Gasteiger partial charge in [0.25, 0.3) is 5.91 Å². The third kappa shape index (κ3) is 5.88. The predicted octanol–water partition coefficient (Wildman–Crippen LogP) is -0.417. The highest BCUT2D eigenvalue weighted by molar-refractivity contribution is 7.12. The summed E-state index contributed by atoms with van der Waals surface area (Å²) in [5.74, 6) is -0.727. The summed E-state index contributed by atoms with van der Waals surface area (Å²) in [4.78, 5) is 41.1. The van der Waals surface area contributed by atoms with Gasteiger partial charge in [0.15, 0.2) is 0 Å². The predicted molar refractivity (Wildman–Crippen MR) is 105 cm³/mol. The Kier molecular flexibility index (Phi) is 6.97. The maximum absolute atomic E-state index is 12.3. The summed E-state index contributed by atoms with van der Waals surface area (Å²) in [7, 11) is 0. The Morgan fingerprint density at radius 2 is 1.74 bits per heavy atom. The van der Waals surface area contributed by atoms with Crippen molar-refractivity contribution in [1.29, 1.82) is 0 Å². The molecule has 2 aromatic rings. The van der Waals surface area contributed by atoms with Gasteiger partial charge in [-0.2, -0.15) is 0 Å². The maximum atomic E-state index is 12.3. The number of quaternary nitrogens is 1. The number of nitrogens with one attached hydrogen (secondary N) is 3. The summed E-state index contributed by atoms with van der Waals surface area (Å²) in [6, 6.07) is 7.68. The Hall–Kier alpha value is -2.23. The van der Waals surface area contributed by atoms with Crippen molar-refractivity contribution in [3.63, 3.8) is 0 Å². The van der Waals surface area contributed by atoms with Crippen molar-refractivity contribution in [2.45, 2.75) is 6.54 Å². The van der Waals surface area contributed by atoms with Crippen LogP contribution in [0.25, 0.3) is 0 Å². The number of hydrogen-bond donors (Lipinski definition) is 3. The lowest BCUT2D eigenvalue weighted by atomic mass is 10.3. The minimum Gasteiger partial charge on any atom is -0.345 e. The normalized spacial score (nSPS) is 14.7. The summed E-state index contributed by atoms with van der Waals surface area (Å²) in [5, 5.41) is 9.01. The lowest BCUT2D eigenvalue weighted by Gasteiger charge is -2.32. The summed E-state index contributed by atoms with van der Waals surface area (Å²) in [6.45, 7) is 4.05. The van der Waals surface area contributed by atoms with Crippen LogP contribution in [0.4, 0.5) is 0 Å². The molecule has 3 rings (SSSR count). The summed E-state index contributed by atoms with van der Waals surface area (Å²) in [5.41, 5.74) is 0. The molecule has 3 N–H and O–H groups in total. The second kappa shape index (κ2) is 9.63. The highest BCUT2D eigenvalue weighted by Gasteiger charge is 2.24. The number of rotatable bonds is 7. The molecule has 7 nitrogen and oxygen atoms in total. The molecule has 0 saturated carbocycles. The lowest BCUT2D eigenvalue weighted by Crippen LogP contribution is -3.13. The fraction of sp³-hybridized carbons (Fsp3) is 0.389. The molecule has 3 amide bonds. The zero-order chi connectivity index (χ0) is 19.1. The fourth-order valence-electron chi connectivity index (χ4n) is 2.91. The van der Waals surface area contributed by atoms with Gasteiger partial charge in [-0.15, -0.1) is 22.7 Å².